The van der Waals surface area contributed by atoms with Gasteiger partial charge in [0.15, 0.2) is 12.1 Å². The molecule has 0 unspecified atom stereocenters. The van der Waals surface area contributed by atoms with Gasteiger partial charge in [-0.25, -0.2) is 0 Å². The number of benzene rings is 2. The van der Waals surface area contributed by atoms with Crippen molar-refractivity contribution in [2.75, 3.05) is 32.8 Å². The molecule has 0 radical (unpaired) electrons. The predicted molar refractivity (Wildman–Crippen MR) is 155 cm³/mol. The van der Waals surface area contributed by atoms with Crippen LogP contribution in [0.3, 0.4) is 0 Å². The lowest BCUT2D eigenvalue weighted by atomic mass is 9.89. The molecule has 0 bridgehead atoms. The van der Waals surface area contributed by atoms with E-state index in [-0.39, 0.29) is 30.6 Å². The summed E-state index contributed by atoms with van der Waals surface area (Å²) in [5.41, 5.74) is 4.38. The van der Waals surface area contributed by atoms with Gasteiger partial charge in [0.1, 0.15) is 0 Å². The first-order valence-corrected chi connectivity index (χ1v) is 14.8. The molecule has 0 aliphatic carbocycles. The van der Waals surface area contributed by atoms with Gasteiger partial charge in [-0.15, -0.1) is 0 Å². The zero-order valence-electron chi connectivity index (χ0n) is 24.0. The molecular formula is C33H39N3O6. The van der Waals surface area contributed by atoms with E-state index in [1.54, 1.807) is 24.5 Å². The maximum atomic E-state index is 12.4. The molecule has 3 fully saturated rings. The second kappa shape index (κ2) is 13.0. The number of aliphatic hydroxyl groups is 1. The molecular weight excluding hydrogens is 534 g/mol. The van der Waals surface area contributed by atoms with Crippen molar-refractivity contribution in [2.45, 2.75) is 57.2 Å². The molecule has 0 saturated carbocycles. The molecule has 1 amide bonds. The fourth-order valence-electron chi connectivity index (χ4n) is 6.02. The lowest BCUT2D eigenvalue weighted by molar-refractivity contribution is -0.278. The number of amides is 1. The third-order valence-electron chi connectivity index (χ3n) is 8.62. The number of likely N-dealkylation sites (tertiary alicyclic amines) is 1. The Labute approximate surface area is 246 Å². The van der Waals surface area contributed by atoms with Crippen LogP contribution in [0, 0.1) is 5.92 Å². The third kappa shape index (κ3) is 6.57. The van der Waals surface area contributed by atoms with Gasteiger partial charge in [-0.2, -0.15) is 0 Å². The van der Waals surface area contributed by atoms with Crippen LogP contribution in [-0.2, 0) is 32.1 Å². The molecule has 3 aliphatic heterocycles. The van der Waals surface area contributed by atoms with Gasteiger partial charge in [0.2, 0.25) is 0 Å². The Hall–Kier alpha value is -3.18. The van der Waals surface area contributed by atoms with Crippen LogP contribution < -0.4 is 5.32 Å². The summed E-state index contributed by atoms with van der Waals surface area (Å²) in [5, 5.41) is 12.5. The minimum atomic E-state index is -0.537. The molecule has 9 nitrogen and oxygen atoms in total. The molecule has 1 aromatic heterocycles. The van der Waals surface area contributed by atoms with Crippen molar-refractivity contribution in [3.63, 3.8) is 0 Å². The van der Waals surface area contributed by atoms with Crippen molar-refractivity contribution in [1.82, 2.24) is 15.2 Å². The zero-order valence-corrected chi connectivity index (χ0v) is 24.0. The predicted octanol–water partition coefficient (Wildman–Crippen LogP) is 4.13. The Morgan fingerprint density at radius 2 is 1.67 bits per heavy atom. The highest BCUT2D eigenvalue weighted by molar-refractivity contribution is 5.93. The van der Waals surface area contributed by atoms with Gasteiger partial charge < -0.3 is 34.3 Å². The van der Waals surface area contributed by atoms with E-state index < -0.39 is 12.1 Å². The van der Waals surface area contributed by atoms with E-state index in [2.05, 4.69) is 22.1 Å². The molecule has 9 heteroatoms. The molecule has 6 rings (SSSR count). The summed E-state index contributed by atoms with van der Waals surface area (Å²) < 4.78 is 25.1. The lowest BCUT2D eigenvalue weighted by Crippen LogP contribution is -2.50. The van der Waals surface area contributed by atoms with E-state index in [1.807, 2.05) is 48.5 Å². The van der Waals surface area contributed by atoms with Gasteiger partial charge >= 0.3 is 0 Å². The summed E-state index contributed by atoms with van der Waals surface area (Å²) in [6, 6.07) is 19.5. The van der Waals surface area contributed by atoms with E-state index in [0.717, 1.165) is 54.7 Å². The summed E-state index contributed by atoms with van der Waals surface area (Å²) >= 11 is 0. The maximum Gasteiger partial charge on any atom is 0.253 e. The number of carbonyl (C=O) groups excluding carboxylic acids is 1. The number of hydrogen-bond donors (Lipinski definition) is 2. The number of nitrogens with zero attached hydrogens (tertiary/aromatic N) is 2. The summed E-state index contributed by atoms with van der Waals surface area (Å²) in [4.78, 5) is 18.9. The van der Waals surface area contributed by atoms with Crippen LogP contribution in [0.2, 0.25) is 0 Å². The van der Waals surface area contributed by atoms with Gasteiger partial charge in [-0.1, -0.05) is 55.5 Å². The van der Waals surface area contributed by atoms with E-state index in [0.29, 0.717) is 25.3 Å². The standard InChI is InChI=1S/C33H39N3O6/c1-23-29(21-36-15-12-33(13-16-36)39-17-18-40-33)41-32(42-30(23)26-8-6-25(22-37)7-9-26)27-10-4-24(5-11-27)19-35-31(38)28-3-2-14-34-20-28/h2-11,14,20,23,29-30,32,37H,12-13,15-19,21-22H2,1H3,(H,35,38)/t23-,29+,30+,32+/m1/s1. The third-order valence-corrected chi connectivity index (χ3v) is 8.62. The summed E-state index contributed by atoms with van der Waals surface area (Å²) in [5.74, 6) is -0.456. The van der Waals surface area contributed by atoms with Crippen LogP contribution in [0.5, 0.6) is 0 Å². The van der Waals surface area contributed by atoms with Gasteiger partial charge in [0.25, 0.3) is 5.91 Å². The van der Waals surface area contributed by atoms with Crippen molar-refractivity contribution >= 4 is 5.91 Å². The number of hydrogen-bond acceptors (Lipinski definition) is 8. The Kier molecular flexibility index (Phi) is 8.95. The van der Waals surface area contributed by atoms with Crippen LogP contribution in [0.1, 0.15) is 64.8 Å². The Bertz CT molecular complexity index is 1300. The van der Waals surface area contributed by atoms with E-state index in [4.69, 9.17) is 18.9 Å². The van der Waals surface area contributed by atoms with E-state index in [9.17, 15) is 9.90 Å². The van der Waals surface area contributed by atoms with Crippen molar-refractivity contribution < 1.29 is 28.8 Å². The molecule has 42 heavy (non-hydrogen) atoms. The van der Waals surface area contributed by atoms with Gasteiger partial charge in [0, 0.05) is 62.9 Å². The Morgan fingerprint density at radius 3 is 2.33 bits per heavy atom. The topological polar surface area (TPSA) is 102 Å². The minimum Gasteiger partial charge on any atom is -0.392 e. The van der Waals surface area contributed by atoms with Crippen molar-refractivity contribution in [3.8, 4) is 0 Å². The highest BCUT2D eigenvalue weighted by Gasteiger charge is 2.43. The lowest BCUT2D eigenvalue weighted by Gasteiger charge is -2.44. The number of nitrogens with one attached hydrogen (secondary N) is 1. The highest BCUT2D eigenvalue weighted by Crippen LogP contribution is 2.42. The number of ether oxygens (including phenoxy) is 4. The van der Waals surface area contributed by atoms with Gasteiger partial charge in [0.05, 0.1) is 37.6 Å². The number of rotatable bonds is 8. The number of aromatic nitrogens is 1. The minimum absolute atomic E-state index is 0.00857. The fourth-order valence-corrected chi connectivity index (χ4v) is 6.02. The molecule has 1 spiro atoms. The number of pyridine rings is 1. The smallest absolute Gasteiger partial charge is 0.253 e. The van der Waals surface area contributed by atoms with Crippen molar-refractivity contribution in [2.24, 2.45) is 5.92 Å². The summed E-state index contributed by atoms with van der Waals surface area (Å²) in [6.45, 7) is 6.54. The molecule has 222 valence electrons. The Balaban J connectivity index is 1.15. The van der Waals surface area contributed by atoms with Crippen molar-refractivity contribution in [1.29, 1.82) is 0 Å². The molecule has 4 heterocycles. The maximum absolute atomic E-state index is 12.4. The molecule has 2 N–H and O–H groups in total. The number of carbonyl (C=O) groups is 1. The Morgan fingerprint density at radius 1 is 0.976 bits per heavy atom. The first-order valence-electron chi connectivity index (χ1n) is 14.8. The van der Waals surface area contributed by atoms with E-state index in [1.165, 1.54) is 0 Å². The van der Waals surface area contributed by atoms with Gasteiger partial charge in [-0.05, 0) is 28.8 Å². The first-order chi connectivity index (χ1) is 20.5. The SMILES string of the molecule is C[C@@H]1[C@H](CN2CCC3(CC2)OCCO3)O[C@H](c2ccc(CNC(=O)c3cccnc3)cc2)O[C@@H]1c1ccc(CO)cc1. The van der Waals surface area contributed by atoms with Crippen molar-refractivity contribution in [3.05, 3.63) is 101 Å². The zero-order chi connectivity index (χ0) is 28.9. The number of aliphatic hydroxyl groups excluding tert-OH is 1. The quantitative estimate of drug-likeness (QED) is 0.415. The molecule has 3 aromatic rings. The first kappa shape index (κ1) is 28.9. The summed E-state index contributed by atoms with van der Waals surface area (Å²) in [7, 11) is 0. The second-order valence-electron chi connectivity index (χ2n) is 11.4. The second-order valence-corrected chi connectivity index (χ2v) is 11.4. The molecule has 4 atom stereocenters. The van der Waals surface area contributed by atoms with Crippen LogP contribution in [0.25, 0.3) is 0 Å². The average molecular weight is 574 g/mol. The largest absolute Gasteiger partial charge is 0.392 e. The van der Waals surface area contributed by atoms with Crippen LogP contribution in [0.4, 0.5) is 0 Å². The fraction of sp³-hybridized carbons (Fsp3) is 0.455. The van der Waals surface area contributed by atoms with Crippen LogP contribution >= 0.6 is 0 Å². The van der Waals surface area contributed by atoms with Gasteiger partial charge in [-0.3, -0.25) is 9.78 Å². The summed E-state index contributed by atoms with van der Waals surface area (Å²) in [6.07, 6.45) is 4.16. The van der Waals surface area contributed by atoms with Crippen LogP contribution in [0.15, 0.2) is 73.1 Å². The monoisotopic (exact) mass is 573 g/mol. The number of piperidine rings is 1. The average Bonchev–Trinajstić information content (AvgIpc) is 3.50. The molecule has 3 saturated heterocycles. The van der Waals surface area contributed by atoms with Crippen LogP contribution in [-0.4, -0.2) is 65.6 Å². The highest BCUT2D eigenvalue weighted by atomic mass is 16.7. The molecule has 2 aromatic carbocycles. The normalized spacial score (nSPS) is 25.9. The molecule has 3 aliphatic rings. The van der Waals surface area contributed by atoms with E-state index >= 15 is 0 Å².